The first-order chi connectivity index (χ1) is 20.3. The lowest BCUT2D eigenvalue weighted by Crippen LogP contribution is -2.38. The maximum Gasteiger partial charge on any atom is 0.243 e. The molecule has 0 atom stereocenters. The largest absolute Gasteiger partial charge is 0.381 e. The van der Waals surface area contributed by atoms with E-state index in [2.05, 4.69) is 51.8 Å². The van der Waals surface area contributed by atoms with E-state index < -0.39 is 5.82 Å². The third-order valence-corrected chi connectivity index (χ3v) is 7.95. The molecule has 2 amide bonds. The Morgan fingerprint density at radius 2 is 1.88 bits per heavy atom. The second kappa shape index (κ2) is 13.3. The number of hydrogen-bond donors (Lipinski definition) is 4. The van der Waals surface area contributed by atoms with Gasteiger partial charge in [0.1, 0.15) is 5.82 Å². The van der Waals surface area contributed by atoms with Crippen LogP contribution in [0.1, 0.15) is 69.4 Å². The second-order valence-electron chi connectivity index (χ2n) is 11.3. The molecule has 2 fully saturated rings. The van der Waals surface area contributed by atoms with E-state index in [1.807, 2.05) is 0 Å². The van der Waals surface area contributed by atoms with Gasteiger partial charge in [-0.15, -0.1) is 0 Å². The smallest absolute Gasteiger partial charge is 0.243 e. The number of anilines is 3. The fraction of sp³-hybridized carbons (Fsp3) is 0.500. The fourth-order valence-electron chi connectivity index (χ4n) is 5.47. The van der Waals surface area contributed by atoms with E-state index in [-0.39, 0.29) is 42.3 Å². The molecule has 1 aliphatic carbocycles. The summed E-state index contributed by atoms with van der Waals surface area (Å²) in [5.74, 6) is 0.272. The number of amides is 2. The van der Waals surface area contributed by atoms with Crippen LogP contribution in [0.5, 0.6) is 0 Å². The summed E-state index contributed by atoms with van der Waals surface area (Å²) >= 11 is 0. The molecular weight excluding hydrogens is 539 g/mol. The lowest BCUT2D eigenvalue weighted by molar-refractivity contribution is -0.121. The van der Waals surface area contributed by atoms with Crippen molar-refractivity contribution < 1.29 is 18.7 Å². The number of nitrogens with zero attached hydrogens (tertiary/aromatic N) is 4. The van der Waals surface area contributed by atoms with Gasteiger partial charge < -0.3 is 26.0 Å². The first-order valence-electron chi connectivity index (χ1n) is 14.7. The molecule has 11 nitrogen and oxygen atoms in total. The molecule has 3 heterocycles. The average Bonchev–Trinajstić information content (AvgIpc) is 3.42. The number of rotatable bonds is 10. The summed E-state index contributed by atoms with van der Waals surface area (Å²) in [5, 5.41) is 17.0. The van der Waals surface area contributed by atoms with Crippen LogP contribution in [0.2, 0.25) is 0 Å². The fourth-order valence-corrected chi connectivity index (χ4v) is 5.47. The van der Waals surface area contributed by atoms with E-state index >= 15 is 0 Å². The molecule has 0 spiro atoms. The molecule has 3 aromatic rings. The standard InChI is InChI=1S/C30H39FN8O3/c1-4-26(40)34-21-7-5-19(6-8-21)28(41)35-23-9-10-25(31)20(15-23)16-32-30-38-29(36-22-11-13-42-14-12-22)37-27-24(18(2)3)17-33-39(27)30/h4,9-10,15,17-19,21-22H,1,5-8,11-14,16H2,2-3H3,(H,34,40)(H,35,41)(H2,32,36,37,38)/t19-,21+. The van der Waals surface area contributed by atoms with Crippen molar-refractivity contribution in [1.29, 1.82) is 0 Å². The van der Waals surface area contributed by atoms with E-state index in [1.54, 1.807) is 22.8 Å². The molecular formula is C30H39FN8O3. The van der Waals surface area contributed by atoms with Crippen molar-refractivity contribution in [2.24, 2.45) is 5.92 Å². The number of nitrogens with one attached hydrogen (secondary N) is 4. The number of ether oxygens (including phenoxy) is 1. The normalized spacial score (nSPS) is 19.4. The summed E-state index contributed by atoms with van der Waals surface area (Å²) in [4.78, 5) is 34.0. The first kappa shape index (κ1) is 29.4. The van der Waals surface area contributed by atoms with E-state index in [4.69, 9.17) is 9.72 Å². The predicted octanol–water partition coefficient (Wildman–Crippen LogP) is 4.39. The quantitative estimate of drug-likeness (QED) is 0.260. The Bertz CT molecular complexity index is 1430. The van der Waals surface area contributed by atoms with Gasteiger partial charge in [-0.1, -0.05) is 20.4 Å². The van der Waals surface area contributed by atoms with Crippen molar-refractivity contribution in [3.8, 4) is 0 Å². The second-order valence-corrected chi connectivity index (χ2v) is 11.3. The SMILES string of the molecule is C=CC(=O)N[C@H]1CC[C@@H](C(=O)Nc2ccc(F)c(CNc3nc(NC4CCOCC4)nc4c(C(C)C)cnn34)c2)CC1. The zero-order valence-corrected chi connectivity index (χ0v) is 24.2. The number of carbonyl (C=O) groups is 2. The Kier molecular flexibility index (Phi) is 9.31. The van der Waals surface area contributed by atoms with Crippen LogP contribution in [0.3, 0.4) is 0 Å². The Balaban J connectivity index is 1.27. The van der Waals surface area contributed by atoms with Gasteiger partial charge in [0, 0.05) is 54.6 Å². The zero-order valence-electron chi connectivity index (χ0n) is 24.2. The number of hydrogen-bond acceptors (Lipinski definition) is 8. The molecule has 4 N–H and O–H groups in total. The molecule has 5 rings (SSSR count). The molecule has 1 aromatic carbocycles. The number of carbonyl (C=O) groups excluding carboxylic acids is 2. The molecule has 1 saturated carbocycles. The van der Waals surface area contributed by atoms with Crippen molar-refractivity contribution in [2.75, 3.05) is 29.2 Å². The van der Waals surface area contributed by atoms with Gasteiger partial charge in [-0.3, -0.25) is 9.59 Å². The summed E-state index contributed by atoms with van der Waals surface area (Å²) in [6.45, 7) is 9.16. The topological polar surface area (TPSA) is 135 Å². The number of aromatic nitrogens is 4. The Hall–Kier alpha value is -4.06. The van der Waals surface area contributed by atoms with Crippen LogP contribution in [-0.2, 0) is 20.9 Å². The van der Waals surface area contributed by atoms with Gasteiger partial charge in [0.05, 0.1) is 6.20 Å². The summed E-state index contributed by atoms with van der Waals surface area (Å²) in [6, 6.07) is 4.81. The zero-order chi connectivity index (χ0) is 29.6. The van der Waals surface area contributed by atoms with Crippen LogP contribution in [-0.4, -0.2) is 56.7 Å². The minimum absolute atomic E-state index is 0.0510. The molecule has 12 heteroatoms. The predicted molar refractivity (Wildman–Crippen MR) is 159 cm³/mol. The van der Waals surface area contributed by atoms with Crippen molar-refractivity contribution in [2.45, 2.75) is 76.9 Å². The molecule has 0 bridgehead atoms. The van der Waals surface area contributed by atoms with Gasteiger partial charge in [0.2, 0.25) is 23.7 Å². The van der Waals surface area contributed by atoms with Crippen molar-refractivity contribution >= 4 is 35.0 Å². The number of halogens is 1. The van der Waals surface area contributed by atoms with E-state index in [9.17, 15) is 14.0 Å². The maximum absolute atomic E-state index is 14.9. The molecule has 1 saturated heterocycles. The van der Waals surface area contributed by atoms with E-state index in [1.165, 1.54) is 12.1 Å². The molecule has 1 aliphatic heterocycles. The van der Waals surface area contributed by atoms with Gasteiger partial charge in [0.25, 0.3) is 0 Å². The molecule has 0 unspecified atom stereocenters. The van der Waals surface area contributed by atoms with Crippen LogP contribution in [0.4, 0.5) is 22.0 Å². The van der Waals surface area contributed by atoms with Crippen LogP contribution < -0.4 is 21.3 Å². The van der Waals surface area contributed by atoms with Gasteiger partial charge in [0.15, 0.2) is 5.65 Å². The summed E-state index contributed by atoms with van der Waals surface area (Å²) in [5.41, 5.74) is 2.59. The summed E-state index contributed by atoms with van der Waals surface area (Å²) < 4.78 is 22.0. The lowest BCUT2D eigenvalue weighted by Gasteiger charge is -2.28. The van der Waals surface area contributed by atoms with Crippen LogP contribution in [0.15, 0.2) is 37.1 Å². The van der Waals surface area contributed by atoms with Gasteiger partial charge in [-0.05, 0) is 68.7 Å². The highest BCUT2D eigenvalue weighted by Gasteiger charge is 2.27. The highest BCUT2D eigenvalue weighted by Crippen LogP contribution is 2.27. The monoisotopic (exact) mass is 578 g/mol. The summed E-state index contributed by atoms with van der Waals surface area (Å²) in [7, 11) is 0. The highest BCUT2D eigenvalue weighted by atomic mass is 19.1. The Morgan fingerprint density at radius 1 is 1.12 bits per heavy atom. The van der Waals surface area contributed by atoms with Gasteiger partial charge in [-0.25, -0.2) is 4.39 Å². The minimum atomic E-state index is -0.395. The Labute approximate surface area is 244 Å². The first-order valence-corrected chi connectivity index (χ1v) is 14.7. The average molecular weight is 579 g/mol. The van der Waals surface area contributed by atoms with E-state index in [0.717, 1.165) is 31.2 Å². The summed E-state index contributed by atoms with van der Waals surface area (Å²) in [6.07, 6.45) is 7.56. The van der Waals surface area contributed by atoms with Crippen LogP contribution in [0.25, 0.3) is 5.65 Å². The van der Waals surface area contributed by atoms with Crippen molar-refractivity contribution in [1.82, 2.24) is 24.9 Å². The molecule has 224 valence electrons. The molecule has 0 radical (unpaired) electrons. The minimum Gasteiger partial charge on any atom is -0.381 e. The van der Waals surface area contributed by atoms with E-state index in [0.29, 0.717) is 54.9 Å². The van der Waals surface area contributed by atoms with Gasteiger partial charge in [-0.2, -0.15) is 19.6 Å². The van der Waals surface area contributed by atoms with Gasteiger partial charge >= 0.3 is 0 Å². The third-order valence-electron chi connectivity index (χ3n) is 7.95. The Morgan fingerprint density at radius 3 is 2.60 bits per heavy atom. The van der Waals surface area contributed by atoms with Crippen LogP contribution in [0, 0.1) is 11.7 Å². The maximum atomic E-state index is 14.9. The number of fused-ring (bicyclic) bond motifs is 1. The molecule has 2 aromatic heterocycles. The number of benzene rings is 1. The molecule has 2 aliphatic rings. The van der Waals surface area contributed by atoms with Crippen LogP contribution >= 0.6 is 0 Å². The highest BCUT2D eigenvalue weighted by molar-refractivity contribution is 5.92. The lowest BCUT2D eigenvalue weighted by atomic mass is 9.85. The van der Waals surface area contributed by atoms with Crippen molar-refractivity contribution in [3.05, 3.63) is 54.0 Å². The molecule has 42 heavy (non-hydrogen) atoms. The van der Waals surface area contributed by atoms with Crippen molar-refractivity contribution in [3.63, 3.8) is 0 Å². The third kappa shape index (κ3) is 7.04.